The average molecular weight is 413 g/mol. The molecule has 148 valence electrons. The van der Waals surface area contributed by atoms with Gasteiger partial charge in [-0.1, -0.05) is 73.7 Å². The highest BCUT2D eigenvalue weighted by molar-refractivity contribution is 7.16. The lowest BCUT2D eigenvalue weighted by Gasteiger charge is -2.27. The molecule has 0 saturated carbocycles. The fraction of sp³-hybridized carbons (Fsp3) is 0.120. The zero-order valence-electron chi connectivity index (χ0n) is 16.5. The molecule has 1 N–H and O–H groups in total. The first-order valence-corrected chi connectivity index (χ1v) is 10.8. The minimum absolute atomic E-state index is 0.103. The second-order valence-corrected chi connectivity index (χ2v) is 8.19. The molecule has 3 aromatic carbocycles. The van der Waals surface area contributed by atoms with Crippen molar-refractivity contribution < 1.29 is 9.53 Å². The smallest absolute Gasteiger partial charge is 0.238 e. The number of carbonyl (C=O) groups excluding carboxylic acids is 1. The number of hydrogen-bond acceptors (Lipinski definition) is 4. The first-order valence-electron chi connectivity index (χ1n) is 9.96. The Balaban J connectivity index is 1.50. The van der Waals surface area contributed by atoms with Gasteiger partial charge in [-0.25, -0.2) is 4.98 Å². The van der Waals surface area contributed by atoms with Crippen molar-refractivity contribution in [3.8, 4) is 22.8 Å². The molecule has 0 atom stereocenters. The van der Waals surface area contributed by atoms with Crippen LogP contribution in [0.1, 0.15) is 28.8 Å². The minimum Gasteiger partial charge on any atom is -0.457 e. The van der Waals surface area contributed by atoms with Gasteiger partial charge in [0.15, 0.2) is 5.13 Å². The van der Waals surface area contributed by atoms with Gasteiger partial charge in [0, 0.05) is 21.6 Å². The van der Waals surface area contributed by atoms with Crippen LogP contribution in [0.2, 0.25) is 0 Å². The molecule has 0 unspecified atom stereocenters. The Kier molecular flexibility index (Phi) is 4.81. The molecule has 4 nitrogen and oxygen atoms in total. The highest BCUT2D eigenvalue weighted by Gasteiger charge is 2.33. The summed E-state index contributed by atoms with van der Waals surface area (Å²) in [5, 5.41) is 3.69. The van der Waals surface area contributed by atoms with Crippen LogP contribution in [0.25, 0.3) is 11.3 Å². The third kappa shape index (κ3) is 3.27. The number of ether oxygens (including phenoxy) is 1. The molecule has 1 aromatic heterocycles. The van der Waals surface area contributed by atoms with Crippen molar-refractivity contribution in [2.75, 3.05) is 5.32 Å². The van der Waals surface area contributed by atoms with Gasteiger partial charge < -0.3 is 10.1 Å². The molecule has 1 amide bonds. The molecule has 0 radical (unpaired) electrons. The number of carbonyl (C=O) groups is 1. The Hall–Kier alpha value is -3.44. The number of rotatable bonds is 4. The maximum atomic E-state index is 13.4. The van der Waals surface area contributed by atoms with Crippen LogP contribution in [0.4, 0.5) is 5.13 Å². The van der Waals surface area contributed by atoms with Gasteiger partial charge in [-0.05, 0) is 18.6 Å². The van der Waals surface area contributed by atoms with Crippen molar-refractivity contribution in [3.05, 3.63) is 94.9 Å². The van der Waals surface area contributed by atoms with Crippen LogP contribution >= 0.6 is 11.3 Å². The highest BCUT2D eigenvalue weighted by atomic mass is 32.1. The molecular formula is C25H20N2O2S. The monoisotopic (exact) mass is 412 g/mol. The van der Waals surface area contributed by atoms with Crippen LogP contribution in [-0.2, 0) is 11.2 Å². The van der Waals surface area contributed by atoms with Crippen LogP contribution in [0.15, 0.2) is 78.9 Å². The topological polar surface area (TPSA) is 51.2 Å². The molecule has 0 saturated heterocycles. The molecule has 5 heteroatoms. The number of fused-ring (bicyclic) bond motifs is 2. The van der Waals surface area contributed by atoms with Crippen LogP contribution in [0.3, 0.4) is 0 Å². The van der Waals surface area contributed by atoms with Gasteiger partial charge in [0.25, 0.3) is 0 Å². The number of aromatic nitrogens is 1. The van der Waals surface area contributed by atoms with Crippen LogP contribution < -0.4 is 10.1 Å². The summed E-state index contributed by atoms with van der Waals surface area (Å²) < 4.78 is 6.01. The number of anilines is 1. The third-order valence-corrected chi connectivity index (χ3v) is 6.35. The molecule has 30 heavy (non-hydrogen) atoms. The molecule has 4 aromatic rings. The fourth-order valence-corrected chi connectivity index (χ4v) is 4.76. The van der Waals surface area contributed by atoms with Gasteiger partial charge in [0.05, 0.1) is 11.6 Å². The molecule has 2 heterocycles. The van der Waals surface area contributed by atoms with E-state index >= 15 is 0 Å². The summed E-state index contributed by atoms with van der Waals surface area (Å²) in [6.07, 6.45) is 0.862. The predicted molar refractivity (Wildman–Crippen MR) is 120 cm³/mol. The second kappa shape index (κ2) is 7.76. The number of amides is 1. The Labute approximate surface area is 179 Å². The van der Waals surface area contributed by atoms with Crippen molar-refractivity contribution in [3.63, 3.8) is 0 Å². The molecule has 0 bridgehead atoms. The van der Waals surface area contributed by atoms with Crippen molar-refractivity contribution in [2.45, 2.75) is 19.3 Å². The second-order valence-electron chi connectivity index (χ2n) is 7.11. The van der Waals surface area contributed by atoms with E-state index in [0.29, 0.717) is 5.13 Å². The van der Waals surface area contributed by atoms with Gasteiger partial charge in [0.1, 0.15) is 11.5 Å². The highest BCUT2D eigenvalue weighted by Crippen LogP contribution is 2.44. The van der Waals surface area contributed by atoms with Crippen molar-refractivity contribution in [1.29, 1.82) is 0 Å². The number of benzene rings is 3. The van der Waals surface area contributed by atoms with E-state index in [1.807, 2.05) is 78.9 Å². The van der Waals surface area contributed by atoms with Gasteiger partial charge in [0.2, 0.25) is 5.91 Å². The van der Waals surface area contributed by atoms with Crippen LogP contribution in [0.5, 0.6) is 11.5 Å². The van der Waals surface area contributed by atoms with E-state index in [2.05, 4.69) is 12.2 Å². The zero-order valence-corrected chi connectivity index (χ0v) is 17.3. The third-order valence-electron chi connectivity index (χ3n) is 5.24. The van der Waals surface area contributed by atoms with Crippen LogP contribution in [-0.4, -0.2) is 10.9 Å². The molecular weight excluding hydrogens is 392 g/mol. The number of thiazole rings is 1. The lowest BCUT2D eigenvalue weighted by Crippen LogP contribution is -2.25. The number of hydrogen-bond donors (Lipinski definition) is 1. The molecule has 0 aliphatic carbocycles. The largest absolute Gasteiger partial charge is 0.457 e. The summed E-state index contributed by atoms with van der Waals surface area (Å²) in [6, 6.07) is 25.5. The molecule has 1 aliphatic heterocycles. The summed E-state index contributed by atoms with van der Waals surface area (Å²) in [5.74, 6) is 0.888. The van der Waals surface area contributed by atoms with Crippen molar-refractivity contribution >= 4 is 22.4 Å². The molecule has 1 aliphatic rings. The van der Waals surface area contributed by atoms with Crippen molar-refractivity contribution in [2.24, 2.45) is 0 Å². The lowest BCUT2D eigenvalue weighted by molar-refractivity contribution is -0.116. The van der Waals surface area contributed by atoms with E-state index in [0.717, 1.165) is 45.2 Å². The normalized spacial score (nSPS) is 12.6. The number of nitrogens with one attached hydrogen (secondary N) is 1. The van der Waals surface area contributed by atoms with Crippen molar-refractivity contribution in [1.82, 2.24) is 4.98 Å². The predicted octanol–water partition coefficient (Wildman–Crippen LogP) is 6.25. The summed E-state index contributed by atoms with van der Waals surface area (Å²) in [4.78, 5) is 19.3. The van der Waals surface area contributed by atoms with E-state index in [1.165, 1.54) is 11.3 Å². The first kappa shape index (κ1) is 18.6. The average Bonchev–Trinajstić information content (AvgIpc) is 3.20. The lowest BCUT2D eigenvalue weighted by atomic mass is 9.87. The SMILES string of the molecule is CCc1sc(NC(=O)C2c3ccccc3Oc3ccccc32)nc1-c1ccccc1. The molecule has 5 rings (SSSR count). The van der Waals surface area contributed by atoms with Gasteiger partial charge >= 0.3 is 0 Å². The summed E-state index contributed by atoms with van der Waals surface area (Å²) >= 11 is 1.53. The Bertz CT molecular complexity index is 1170. The van der Waals surface area contributed by atoms with E-state index < -0.39 is 5.92 Å². The zero-order chi connectivity index (χ0) is 20.5. The fourth-order valence-electron chi connectivity index (χ4n) is 3.84. The van der Waals surface area contributed by atoms with Crippen LogP contribution in [0, 0.1) is 0 Å². The van der Waals surface area contributed by atoms with Gasteiger partial charge in [-0.15, -0.1) is 11.3 Å². The van der Waals surface area contributed by atoms with E-state index in [4.69, 9.17) is 9.72 Å². The van der Waals surface area contributed by atoms with E-state index in [9.17, 15) is 4.79 Å². The Morgan fingerprint density at radius 2 is 1.53 bits per heavy atom. The Morgan fingerprint density at radius 3 is 2.17 bits per heavy atom. The first-order chi connectivity index (χ1) is 14.7. The number of para-hydroxylation sites is 2. The van der Waals surface area contributed by atoms with Gasteiger partial charge in [-0.3, -0.25) is 4.79 Å². The Morgan fingerprint density at radius 1 is 0.933 bits per heavy atom. The summed E-state index contributed by atoms with van der Waals surface area (Å²) in [5.41, 5.74) is 3.73. The van der Waals surface area contributed by atoms with E-state index in [-0.39, 0.29) is 5.91 Å². The summed E-state index contributed by atoms with van der Waals surface area (Å²) in [6.45, 7) is 2.11. The van der Waals surface area contributed by atoms with Gasteiger partial charge in [-0.2, -0.15) is 0 Å². The summed E-state index contributed by atoms with van der Waals surface area (Å²) in [7, 11) is 0. The molecule has 0 fully saturated rings. The molecule has 0 spiro atoms. The number of nitrogens with zero attached hydrogens (tertiary/aromatic N) is 1. The standard InChI is InChI=1S/C25H20N2O2S/c1-2-21-23(16-10-4-3-5-11-16)26-25(30-21)27-24(28)22-17-12-6-8-14-19(17)29-20-15-9-7-13-18(20)22/h3-15,22H,2H2,1H3,(H,26,27,28). The maximum absolute atomic E-state index is 13.4. The quantitative estimate of drug-likeness (QED) is 0.431. The number of aryl methyl sites for hydroxylation is 1. The van der Waals surface area contributed by atoms with E-state index in [1.54, 1.807) is 0 Å². The maximum Gasteiger partial charge on any atom is 0.238 e. The minimum atomic E-state index is -0.444.